The first kappa shape index (κ1) is 12.5. The first-order chi connectivity index (χ1) is 5.89. The molecule has 2 radical (unpaired) electrons. The molecule has 3 N–H and O–H groups in total. The van der Waals surface area contributed by atoms with E-state index in [0.717, 1.165) is 0 Å². The van der Waals surface area contributed by atoms with E-state index in [1.807, 2.05) is 0 Å². The van der Waals surface area contributed by atoms with Crippen LogP contribution in [0.1, 0.15) is 6.42 Å². The molecule has 0 saturated heterocycles. The predicted octanol–water partition coefficient (Wildman–Crippen LogP) is 1.31. The summed E-state index contributed by atoms with van der Waals surface area (Å²) in [5.74, 6) is 0. The number of carbonyl (C=O) groups excluding carboxylic acids is 1. The van der Waals surface area contributed by atoms with Gasteiger partial charge < -0.3 is 0 Å². The molecule has 0 aromatic rings. The van der Waals surface area contributed by atoms with E-state index >= 15 is 0 Å². The van der Waals surface area contributed by atoms with Crippen LogP contribution in [-0.2, 0) is 4.79 Å². The molecule has 13 heavy (non-hydrogen) atoms. The van der Waals surface area contributed by atoms with Crippen LogP contribution in [0.15, 0.2) is 5.11 Å². The molecule has 0 aromatic carbocycles. The van der Waals surface area contributed by atoms with Gasteiger partial charge in [0.05, 0.1) is 0 Å². The maximum absolute atomic E-state index is 12.6. The molecule has 0 amide bonds. The molecule has 6 nitrogen and oxygen atoms in total. The summed E-state index contributed by atoms with van der Waals surface area (Å²) in [7, 11) is 0. The van der Waals surface area contributed by atoms with E-state index in [4.69, 9.17) is 20.5 Å². The van der Waals surface area contributed by atoms with Crippen molar-refractivity contribution in [1.29, 1.82) is 3.56 Å². The Morgan fingerprint density at radius 1 is 1.92 bits per heavy atom. The zero-order valence-corrected chi connectivity index (χ0v) is 8.81. The van der Waals surface area contributed by atoms with Crippen LogP contribution in [0, 0.1) is 3.56 Å². The third kappa shape index (κ3) is 4.91. The zero-order chi connectivity index (χ0) is 10.5. The Morgan fingerprint density at radius 2 is 2.46 bits per heavy atom. The van der Waals surface area contributed by atoms with Crippen molar-refractivity contribution in [2.75, 3.05) is 6.54 Å². The van der Waals surface area contributed by atoms with Crippen LogP contribution in [0.3, 0.4) is 0 Å². The molecular weight excluding hydrogens is 291 g/mol. The topological polar surface area (TPSA) is 116 Å². The second-order valence-electron chi connectivity index (χ2n) is 2.19. The van der Waals surface area contributed by atoms with Crippen LogP contribution >= 0.6 is 18.6 Å². The number of halogens is 2. The van der Waals surface area contributed by atoms with E-state index in [1.54, 1.807) is 0 Å². The van der Waals surface area contributed by atoms with E-state index in [1.165, 1.54) is 0 Å². The van der Waals surface area contributed by atoms with Gasteiger partial charge in [0.2, 0.25) is 0 Å². The number of azide groups is 1. The Labute approximate surface area is 79.8 Å². The second kappa shape index (κ2) is 5.25. The molecule has 0 heterocycles. The Bertz CT molecular complexity index is 284. The van der Waals surface area contributed by atoms with E-state index in [2.05, 4.69) is 10.0 Å². The monoisotopic (exact) mass is 299 g/mol. The van der Waals surface area contributed by atoms with Crippen molar-refractivity contribution in [3.63, 3.8) is 0 Å². The van der Waals surface area contributed by atoms with Gasteiger partial charge in [0, 0.05) is 0 Å². The van der Waals surface area contributed by atoms with E-state index in [0.29, 0.717) is 0 Å². The van der Waals surface area contributed by atoms with Gasteiger partial charge in [-0.2, -0.15) is 0 Å². The average molecular weight is 299 g/mol. The van der Waals surface area contributed by atoms with Gasteiger partial charge in [0.15, 0.2) is 0 Å². The standard InChI is InChI=1S/C4H8BFIN5O/c5-7(6,9)4(13)3(8)1-2-11-12-10/h3,9H,1-2,8H2. The van der Waals surface area contributed by atoms with Crippen LogP contribution < -0.4 is 5.73 Å². The van der Waals surface area contributed by atoms with Gasteiger partial charge in [0.25, 0.3) is 0 Å². The molecule has 0 aliphatic rings. The molecule has 0 aliphatic carbocycles. The van der Waals surface area contributed by atoms with Crippen LogP contribution in [0.4, 0.5) is 2.86 Å². The minimum absolute atomic E-state index is 0.000513. The number of nitrogens with one attached hydrogen (secondary N) is 1. The molecular formula is C4H8BFIN5O. The van der Waals surface area contributed by atoms with Crippen LogP contribution in [0.5, 0.6) is 0 Å². The molecule has 0 aliphatic heterocycles. The van der Waals surface area contributed by atoms with Crippen molar-refractivity contribution in [1.82, 2.24) is 0 Å². The summed E-state index contributed by atoms with van der Waals surface area (Å²) >= 11 is -4.94. The summed E-state index contributed by atoms with van der Waals surface area (Å²) in [5.41, 5.74) is 17.8. The van der Waals surface area contributed by atoms with Gasteiger partial charge in [-0.1, -0.05) is 0 Å². The quantitative estimate of drug-likeness (QED) is 0.199. The third-order valence-electron chi connectivity index (χ3n) is 1.17. The van der Waals surface area contributed by atoms with Gasteiger partial charge in [-0.15, -0.1) is 0 Å². The Morgan fingerprint density at radius 3 is 2.85 bits per heavy atom. The van der Waals surface area contributed by atoms with Crippen molar-refractivity contribution in [2.45, 2.75) is 12.5 Å². The van der Waals surface area contributed by atoms with Gasteiger partial charge in [0.1, 0.15) is 0 Å². The molecule has 0 spiro atoms. The SMILES string of the molecule is [B]I(=N)(F)C(=O)C(N)CCN=[N+]=[N-]. The molecule has 0 fully saturated rings. The Balaban J connectivity index is 4.12. The fourth-order valence-electron chi connectivity index (χ4n) is 0.559. The first-order valence-corrected chi connectivity index (χ1v) is 7.41. The molecule has 2 unspecified atom stereocenters. The summed E-state index contributed by atoms with van der Waals surface area (Å²) in [4.78, 5) is 13.3. The van der Waals surface area contributed by atoms with Gasteiger partial charge >= 0.3 is 79.6 Å². The Kier molecular flexibility index (Phi) is 5.03. The molecule has 0 rings (SSSR count). The molecule has 2 atom stereocenters. The summed E-state index contributed by atoms with van der Waals surface area (Å²) in [6.45, 7) is 0.000513. The maximum atomic E-state index is 12.6. The summed E-state index contributed by atoms with van der Waals surface area (Å²) in [6.07, 6.45) is 0.0218. The van der Waals surface area contributed by atoms with Crippen molar-refractivity contribution in [2.24, 2.45) is 10.8 Å². The number of hydrogen-bond acceptors (Lipinski definition) is 4. The number of rotatable bonds is 5. The summed E-state index contributed by atoms with van der Waals surface area (Å²) in [5, 5.41) is 3.12. The second-order valence-corrected chi connectivity index (χ2v) is 6.33. The number of carbonyl (C=O) groups is 1. The first-order valence-electron chi connectivity index (χ1n) is 3.19. The fraction of sp³-hybridized carbons (Fsp3) is 0.750. The predicted molar refractivity (Wildman–Crippen MR) is 55.2 cm³/mol. The fourth-order valence-corrected chi connectivity index (χ4v) is 2.03. The molecule has 0 aromatic heterocycles. The number of hydrogen-bond donors (Lipinski definition) is 2. The van der Waals surface area contributed by atoms with Crippen molar-refractivity contribution < 1.29 is 7.65 Å². The molecule has 72 valence electrons. The van der Waals surface area contributed by atoms with E-state index < -0.39 is 28.4 Å². The Hall–Kier alpha value is -0.535. The number of nitrogens with zero attached hydrogens (tertiary/aromatic N) is 3. The summed E-state index contributed by atoms with van der Waals surface area (Å²) in [6, 6.07) is -1.13. The zero-order valence-electron chi connectivity index (χ0n) is 6.65. The van der Waals surface area contributed by atoms with Gasteiger partial charge in [-0.05, 0) is 0 Å². The van der Waals surface area contributed by atoms with Crippen molar-refractivity contribution in [3.8, 4) is 0 Å². The average Bonchev–Trinajstić information content (AvgIpc) is 2.01. The molecule has 0 saturated carbocycles. The molecule has 9 heteroatoms. The van der Waals surface area contributed by atoms with E-state index in [9.17, 15) is 7.65 Å². The van der Waals surface area contributed by atoms with Crippen molar-refractivity contribution >= 4 is 28.1 Å². The number of nitrogens with two attached hydrogens (primary N) is 1. The minimum atomic E-state index is -4.94. The van der Waals surface area contributed by atoms with Gasteiger partial charge in [-0.25, -0.2) is 0 Å². The third-order valence-corrected chi connectivity index (χ3v) is 3.51. The van der Waals surface area contributed by atoms with Crippen molar-refractivity contribution in [3.05, 3.63) is 10.4 Å². The molecule has 0 bridgehead atoms. The van der Waals surface area contributed by atoms with Gasteiger partial charge in [-0.3, -0.25) is 0 Å². The normalized spacial score (nSPS) is 19.2. The van der Waals surface area contributed by atoms with Crippen LogP contribution in [0.25, 0.3) is 10.4 Å². The summed E-state index contributed by atoms with van der Waals surface area (Å²) < 4.78 is 18.3. The van der Waals surface area contributed by atoms with Crippen LogP contribution in [-0.4, -0.2) is 22.1 Å². The van der Waals surface area contributed by atoms with Crippen LogP contribution in [0.2, 0.25) is 0 Å². The van der Waals surface area contributed by atoms with E-state index in [-0.39, 0.29) is 13.0 Å².